The molecular formula is C30H32N3O5+. The summed E-state index contributed by atoms with van der Waals surface area (Å²) < 4.78 is 13.3. The van der Waals surface area contributed by atoms with E-state index in [-0.39, 0.29) is 16.7 Å². The first-order valence-corrected chi connectivity index (χ1v) is 12.7. The SMILES string of the molecule is COc1cccc2cc(C(=O)C3=C(O)C(=O)N(CCC[n+]4cc[nH]c4)C3c3ccc(C(C)(C)C)cc3)oc12. The minimum absolute atomic E-state index is 0.0193. The molecule has 1 aliphatic heterocycles. The molecule has 8 heteroatoms. The molecule has 2 N–H and O–H groups in total. The maximum Gasteiger partial charge on any atom is 0.290 e. The molecule has 0 bridgehead atoms. The topological polar surface area (TPSA) is 99.6 Å². The van der Waals surface area contributed by atoms with E-state index < -0.39 is 23.5 Å². The molecule has 0 radical (unpaired) electrons. The molecule has 0 saturated heterocycles. The Morgan fingerprint density at radius 3 is 2.61 bits per heavy atom. The Balaban J connectivity index is 1.53. The number of carbonyl (C=O) groups excluding carboxylic acids is 2. The molecule has 1 amide bonds. The van der Waals surface area contributed by atoms with Gasteiger partial charge < -0.3 is 19.2 Å². The number of hydrogen-bond donors (Lipinski definition) is 2. The fourth-order valence-corrected chi connectivity index (χ4v) is 4.95. The number of benzene rings is 2. The molecule has 1 aliphatic rings. The summed E-state index contributed by atoms with van der Waals surface area (Å²) in [6.07, 6.45) is 6.22. The number of ketones is 1. The third kappa shape index (κ3) is 4.58. The molecule has 5 rings (SSSR count). The molecule has 2 aromatic heterocycles. The second-order valence-electron chi connectivity index (χ2n) is 10.6. The monoisotopic (exact) mass is 514 g/mol. The van der Waals surface area contributed by atoms with Gasteiger partial charge in [0.1, 0.15) is 12.4 Å². The first-order chi connectivity index (χ1) is 18.2. The van der Waals surface area contributed by atoms with Crippen LogP contribution in [0.15, 0.2) is 83.0 Å². The Bertz CT molecular complexity index is 1510. The number of ether oxygens (including phenoxy) is 1. The number of para-hydroxylation sites is 1. The van der Waals surface area contributed by atoms with E-state index in [1.165, 1.54) is 7.11 Å². The average molecular weight is 515 g/mol. The van der Waals surface area contributed by atoms with Crippen molar-refractivity contribution in [1.82, 2.24) is 9.88 Å². The van der Waals surface area contributed by atoms with E-state index in [0.29, 0.717) is 36.2 Å². The van der Waals surface area contributed by atoms with Gasteiger partial charge in [0, 0.05) is 18.4 Å². The van der Waals surface area contributed by atoms with Crippen LogP contribution in [0.5, 0.6) is 5.75 Å². The Hall–Kier alpha value is -4.33. The van der Waals surface area contributed by atoms with Gasteiger partial charge in [0.15, 0.2) is 22.9 Å². The van der Waals surface area contributed by atoms with Crippen molar-refractivity contribution < 1.29 is 28.4 Å². The van der Waals surface area contributed by atoms with Gasteiger partial charge in [-0.3, -0.25) is 14.6 Å². The van der Waals surface area contributed by atoms with E-state index in [2.05, 4.69) is 25.8 Å². The predicted molar refractivity (Wildman–Crippen MR) is 142 cm³/mol. The van der Waals surface area contributed by atoms with Crippen molar-refractivity contribution in [2.24, 2.45) is 0 Å². The van der Waals surface area contributed by atoms with E-state index in [1.807, 2.05) is 59.7 Å². The van der Waals surface area contributed by atoms with Gasteiger partial charge in [0.25, 0.3) is 5.91 Å². The number of H-pyrrole nitrogens is 1. The van der Waals surface area contributed by atoms with Crippen LogP contribution in [0.4, 0.5) is 0 Å². The summed E-state index contributed by atoms with van der Waals surface area (Å²) in [5.74, 6) is -1.09. The quantitative estimate of drug-likeness (QED) is 0.254. The number of carbonyl (C=O) groups is 2. The number of Topliss-reactive ketones (excluding diaryl/α,β-unsaturated/α-hetero) is 1. The zero-order valence-corrected chi connectivity index (χ0v) is 22.0. The molecule has 3 heterocycles. The Morgan fingerprint density at radius 1 is 1.18 bits per heavy atom. The van der Waals surface area contributed by atoms with Crippen LogP contribution in [0.1, 0.15) is 54.9 Å². The van der Waals surface area contributed by atoms with E-state index in [4.69, 9.17) is 9.15 Å². The lowest BCUT2D eigenvalue weighted by Crippen LogP contribution is -2.36. The molecule has 0 aliphatic carbocycles. The summed E-state index contributed by atoms with van der Waals surface area (Å²) >= 11 is 0. The van der Waals surface area contributed by atoms with Crippen molar-refractivity contribution in [3.05, 3.63) is 95.5 Å². The fourth-order valence-electron chi connectivity index (χ4n) is 4.95. The van der Waals surface area contributed by atoms with E-state index >= 15 is 0 Å². The van der Waals surface area contributed by atoms with E-state index in [1.54, 1.807) is 17.0 Å². The zero-order valence-electron chi connectivity index (χ0n) is 22.0. The first-order valence-electron chi connectivity index (χ1n) is 12.7. The second kappa shape index (κ2) is 9.85. The van der Waals surface area contributed by atoms with Crippen LogP contribution in [-0.2, 0) is 16.8 Å². The standard InChI is InChI=1S/C30H31N3O5/c1-30(2,3)21-11-9-19(10-12-21)25-24(26(34)23-17-20-7-5-8-22(37-4)28(20)38-23)27(35)29(36)33(25)15-6-14-32-16-13-31-18-32/h5,7-13,16-18,25H,6,14-15H2,1-4H3,(H,34,35)/p+1. The summed E-state index contributed by atoms with van der Waals surface area (Å²) in [7, 11) is 1.53. The summed E-state index contributed by atoms with van der Waals surface area (Å²) in [6, 6.07) is 14.1. The number of fused-ring (bicyclic) bond motifs is 1. The van der Waals surface area contributed by atoms with Crippen molar-refractivity contribution in [3.63, 3.8) is 0 Å². The highest BCUT2D eigenvalue weighted by Gasteiger charge is 2.44. The number of hydrogen-bond acceptors (Lipinski definition) is 5. The highest BCUT2D eigenvalue weighted by Crippen LogP contribution is 2.41. The number of aryl methyl sites for hydroxylation is 1. The highest BCUT2D eigenvalue weighted by molar-refractivity contribution is 6.16. The van der Waals surface area contributed by atoms with Crippen molar-refractivity contribution in [3.8, 4) is 5.75 Å². The van der Waals surface area contributed by atoms with E-state index in [0.717, 1.165) is 11.1 Å². The number of nitrogens with one attached hydrogen (secondary N) is 1. The molecule has 38 heavy (non-hydrogen) atoms. The number of methoxy groups -OCH3 is 1. The zero-order chi connectivity index (χ0) is 27.0. The first kappa shape index (κ1) is 25.3. The third-order valence-corrected chi connectivity index (χ3v) is 7.01. The maximum atomic E-state index is 13.8. The van der Waals surface area contributed by atoms with Crippen molar-refractivity contribution in [1.29, 1.82) is 0 Å². The van der Waals surface area contributed by atoms with Crippen molar-refractivity contribution >= 4 is 22.7 Å². The van der Waals surface area contributed by atoms with Gasteiger partial charge in [-0.1, -0.05) is 57.2 Å². The molecule has 196 valence electrons. The number of aliphatic hydroxyl groups is 1. The van der Waals surface area contributed by atoms with Gasteiger partial charge in [-0.05, 0) is 28.7 Å². The molecule has 0 saturated carbocycles. The molecule has 8 nitrogen and oxygen atoms in total. The summed E-state index contributed by atoms with van der Waals surface area (Å²) in [5.41, 5.74) is 2.29. The largest absolute Gasteiger partial charge is 0.503 e. The number of rotatable bonds is 8. The lowest BCUT2D eigenvalue weighted by atomic mass is 9.85. The van der Waals surface area contributed by atoms with Gasteiger partial charge in [-0.2, -0.15) is 0 Å². The predicted octanol–water partition coefficient (Wildman–Crippen LogP) is 5.02. The number of aliphatic hydroxyl groups excluding tert-OH is 1. The number of imidazole rings is 1. The number of aromatic amines is 1. The summed E-state index contributed by atoms with van der Waals surface area (Å²) in [4.78, 5) is 31.8. The molecular weight excluding hydrogens is 482 g/mol. The molecule has 1 unspecified atom stereocenters. The molecule has 0 spiro atoms. The normalized spacial score (nSPS) is 16.1. The maximum absolute atomic E-state index is 13.8. The minimum Gasteiger partial charge on any atom is -0.503 e. The van der Waals surface area contributed by atoms with E-state index in [9.17, 15) is 14.7 Å². The minimum atomic E-state index is -0.740. The number of aromatic nitrogens is 2. The van der Waals surface area contributed by atoms with Gasteiger partial charge >= 0.3 is 0 Å². The van der Waals surface area contributed by atoms with Crippen molar-refractivity contribution in [2.75, 3.05) is 13.7 Å². The molecule has 2 aromatic carbocycles. The molecule has 1 atom stereocenters. The Labute approximate surface area is 221 Å². The van der Waals surface area contributed by atoms with Gasteiger partial charge in [0.05, 0.1) is 25.3 Å². The summed E-state index contributed by atoms with van der Waals surface area (Å²) in [6.45, 7) is 7.42. The Morgan fingerprint density at radius 2 is 1.95 bits per heavy atom. The van der Waals surface area contributed by atoms with Crippen LogP contribution in [0, 0.1) is 0 Å². The Kier molecular flexibility index (Phi) is 6.57. The van der Waals surface area contributed by atoms with Crippen molar-refractivity contribution in [2.45, 2.75) is 45.2 Å². The van der Waals surface area contributed by atoms with Gasteiger partial charge in [-0.15, -0.1) is 0 Å². The van der Waals surface area contributed by atoms with Crippen LogP contribution in [0.2, 0.25) is 0 Å². The van der Waals surface area contributed by atoms with Crippen LogP contribution in [-0.4, -0.2) is 40.3 Å². The van der Waals surface area contributed by atoms with Crippen LogP contribution in [0.25, 0.3) is 11.0 Å². The lowest BCUT2D eigenvalue weighted by molar-refractivity contribution is -0.695. The van der Waals surface area contributed by atoms with Gasteiger partial charge in [0.2, 0.25) is 12.1 Å². The van der Waals surface area contributed by atoms with Crippen LogP contribution in [0.3, 0.4) is 0 Å². The number of amides is 1. The van der Waals surface area contributed by atoms with Crippen LogP contribution < -0.4 is 9.30 Å². The van der Waals surface area contributed by atoms with Gasteiger partial charge in [-0.25, -0.2) is 4.57 Å². The fraction of sp³-hybridized carbons (Fsp3) is 0.300. The number of nitrogens with zero attached hydrogens (tertiary/aromatic N) is 2. The number of furan rings is 1. The summed E-state index contributed by atoms with van der Waals surface area (Å²) in [5, 5.41) is 11.7. The molecule has 0 fully saturated rings. The lowest BCUT2D eigenvalue weighted by Gasteiger charge is -2.27. The average Bonchev–Trinajstić information content (AvgIpc) is 3.63. The molecule has 4 aromatic rings. The smallest absolute Gasteiger partial charge is 0.290 e. The third-order valence-electron chi connectivity index (χ3n) is 7.01. The highest BCUT2D eigenvalue weighted by atomic mass is 16.5. The van der Waals surface area contributed by atoms with Crippen LogP contribution >= 0.6 is 0 Å². The second-order valence-corrected chi connectivity index (χ2v) is 10.6.